The van der Waals surface area contributed by atoms with Crippen molar-refractivity contribution in [2.75, 3.05) is 18.0 Å². The van der Waals surface area contributed by atoms with Gasteiger partial charge in [-0.2, -0.15) is 0 Å². The summed E-state index contributed by atoms with van der Waals surface area (Å²) in [6.45, 7) is 4.00. The smallest absolute Gasteiger partial charge is 0.141 e. The van der Waals surface area contributed by atoms with E-state index in [2.05, 4.69) is 37.1 Å². The molecule has 4 heterocycles. The third kappa shape index (κ3) is 2.20. The fraction of sp³-hybridized carbons (Fsp3) is 0.412. The second kappa shape index (κ2) is 4.96. The maximum Gasteiger partial charge on any atom is 0.141 e. The fourth-order valence-corrected chi connectivity index (χ4v) is 4.12. The fourth-order valence-electron chi connectivity index (χ4n) is 3.24. The summed E-state index contributed by atoms with van der Waals surface area (Å²) in [7, 11) is 0. The van der Waals surface area contributed by atoms with Crippen LogP contribution in [0.4, 0.5) is 5.82 Å². The molecule has 23 heavy (non-hydrogen) atoms. The van der Waals surface area contributed by atoms with Crippen LogP contribution in [0.5, 0.6) is 0 Å². The van der Waals surface area contributed by atoms with Gasteiger partial charge in [0.15, 0.2) is 0 Å². The molecule has 2 fully saturated rings. The minimum Gasteiger partial charge on any atom is -0.354 e. The summed E-state index contributed by atoms with van der Waals surface area (Å²) in [5, 5.41) is 3.35. The summed E-state index contributed by atoms with van der Waals surface area (Å²) in [6, 6.07) is 0. The molecule has 1 saturated carbocycles. The van der Waals surface area contributed by atoms with Crippen LogP contribution in [0.3, 0.4) is 0 Å². The van der Waals surface area contributed by atoms with Crippen molar-refractivity contribution in [3.8, 4) is 0 Å². The van der Waals surface area contributed by atoms with Crippen LogP contribution < -0.4 is 4.90 Å². The molecule has 0 aromatic carbocycles. The van der Waals surface area contributed by atoms with Gasteiger partial charge in [0.2, 0.25) is 0 Å². The molecular formula is C17H17N5S. The average molecular weight is 323 g/mol. The van der Waals surface area contributed by atoms with Crippen LogP contribution in [0.1, 0.15) is 41.6 Å². The molecule has 1 aliphatic carbocycles. The standard InChI is InChI=1S/C17H17N5S/c1-10-8-23-17-14(10)16(20-9-21-17)22-6-13(7-22)15-18-4-12(5-19-15)11-2-3-11/h4-5,8-9,11,13H,2-3,6-7H2,1H3. The second-order valence-corrected chi connectivity index (χ2v) is 7.41. The number of nitrogens with zero attached hydrogens (tertiary/aromatic N) is 5. The van der Waals surface area contributed by atoms with E-state index in [1.807, 2.05) is 12.4 Å². The first-order valence-corrected chi connectivity index (χ1v) is 8.93. The molecule has 0 atom stereocenters. The number of fused-ring (bicyclic) bond motifs is 1. The lowest BCUT2D eigenvalue weighted by Gasteiger charge is -2.39. The summed E-state index contributed by atoms with van der Waals surface area (Å²) >= 11 is 1.68. The van der Waals surface area contributed by atoms with E-state index in [1.165, 1.54) is 29.4 Å². The molecule has 5 nitrogen and oxygen atoms in total. The summed E-state index contributed by atoms with van der Waals surface area (Å²) < 4.78 is 0. The van der Waals surface area contributed by atoms with Crippen LogP contribution >= 0.6 is 11.3 Å². The Balaban J connectivity index is 1.36. The van der Waals surface area contributed by atoms with Gasteiger partial charge in [0.25, 0.3) is 0 Å². The van der Waals surface area contributed by atoms with E-state index >= 15 is 0 Å². The number of anilines is 1. The lowest BCUT2D eigenvalue weighted by molar-refractivity contribution is 0.497. The Morgan fingerprint density at radius 3 is 2.57 bits per heavy atom. The number of hydrogen-bond donors (Lipinski definition) is 0. The number of rotatable bonds is 3. The van der Waals surface area contributed by atoms with Crippen LogP contribution in [0.15, 0.2) is 24.1 Å². The lowest BCUT2D eigenvalue weighted by Crippen LogP contribution is -2.46. The normalized spacial score (nSPS) is 18.4. The second-order valence-electron chi connectivity index (χ2n) is 6.55. The minimum absolute atomic E-state index is 0.409. The van der Waals surface area contributed by atoms with Crippen molar-refractivity contribution in [1.82, 2.24) is 19.9 Å². The molecule has 0 bridgehead atoms. The van der Waals surface area contributed by atoms with E-state index in [0.717, 1.165) is 35.5 Å². The molecule has 1 saturated heterocycles. The van der Waals surface area contributed by atoms with Crippen molar-refractivity contribution in [2.24, 2.45) is 0 Å². The number of aromatic nitrogens is 4. The van der Waals surface area contributed by atoms with Crippen molar-refractivity contribution >= 4 is 27.4 Å². The van der Waals surface area contributed by atoms with Crippen LogP contribution in [-0.2, 0) is 0 Å². The highest BCUT2D eigenvalue weighted by Gasteiger charge is 2.33. The molecule has 6 heteroatoms. The van der Waals surface area contributed by atoms with E-state index in [0.29, 0.717) is 5.92 Å². The minimum atomic E-state index is 0.409. The maximum absolute atomic E-state index is 4.59. The highest BCUT2D eigenvalue weighted by molar-refractivity contribution is 7.17. The highest BCUT2D eigenvalue weighted by atomic mass is 32.1. The van der Waals surface area contributed by atoms with Crippen LogP contribution in [0.25, 0.3) is 10.2 Å². The lowest BCUT2D eigenvalue weighted by atomic mass is 9.98. The molecule has 0 radical (unpaired) electrons. The number of thiophene rings is 1. The van der Waals surface area contributed by atoms with Gasteiger partial charge >= 0.3 is 0 Å². The van der Waals surface area contributed by atoms with Crippen molar-refractivity contribution in [1.29, 1.82) is 0 Å². The number of aryl methyl sites for hydroxylation is 1. The largest absolute Gasteiger partial charge is 0.354 e. The van der Waals surface area contributed by atoms with Gasteiger partial charge in [0.05, 0.1) is 11.3 Å². The SMILES string of the molecule is Cc1csc2ncnc(N3CC(c4ncc(C5CC5)cn4)C3)c12. The Kier molecular flexibility index (Phi) is 2.88. The van der Waals surface area contributed by atoms with E-state index in [9.17, 15) is 0 Å². The zero-order chi connectivity index (χ0) is 15.4. The van der Waals surface area contributed by atoms with Crippen LogP contribution in [0, 0.1) is 6.92 Å². The first-order valence-electron chi connectivity index (χ1n) is 8.05. The van der Waals surface area contributed by atoms with E-state index in [1.54, 1.807) is 17.7 Å². The summed E-state index contributed by atoms with van der Waals surface area (Å²) in [5.74, 6) is 3.16. The molecule has 3 aromatic heterocycles. The molecule has 0 amide bonds. The van der Waals surface area contributed by atoms with Gasteiger partial charge in [0, 0.05) is 25.5 Å². The van der Waals surface area contributed by atoms with Gasteiger partial charge in [-0.15, -0.1) is 11.3 Å². The van der Waals surface area contributed by atoms with Crippen LogP contribution in [0.2, 0.25) is 0 Å². The topological polar surface area (TPSA) is 54.8 Å². The summed E-state index contributed by atoms with van der Waals surface area (Å²) in [4.78, 5) is 21.5. The van der Waals surface area contributed by atoms with E-state index in [-0.39, 0.29) is 0 Å². The zero-order valence-electron chi connectivity index (χ0n) is 12.9. The number of hydrogen-bond acceptors (Lipinski definition) is 6. The molecule has 2 aliphatic rings. The highest BCUT2D eigenvalue weighted by Crippen LogP contribution is 2.40. The predicted molar refractivity (Wildman–Crippen MR) is 91.1 cm³/mol. The third-order valence-corrected chi connectivity index (χ3v) is 5.83. The monoisotopic (exact) mass is 323 g/mol. The predicted octanol–water partition coefficient (Wildman–Crippen LogP) is 3.27. The van der Waals surface area contributed by atoms with Gasteiger partial charge in [-0.1, -0.05) is 0 Å². The van der Waals surface area contributed by atoms with Crippen molar-refractivity contribution in [3.63, 3.8) is 0 Å². The van der Waals surface area contributed by atoms with Gasteiger partial charge in [-0.25, -0.2) is 19.9 Å². The van der Waals surface area contributed by atoms with Crippen molar-refractivity contribution in [3.05, 3.63) is 41.1 Å². The quantitative estimate of drug-likeness (QED) is 0.740. The third-order valence-electron chi connectivity index (χ3n) is 4.82. The van der Waals surface area contributed by atoms with Gasteiger partial charge in [-0.05, 0) is 42.2 Å². The molecule has 0 unspecified atom stereocenters. The zero-order valence-corrected chi connectivity index (χ0v) is 13.8. The van der Waals surface area contributed by atoms with Gasteiger partial charge in [0.1, 0.15) is 22.8 Å². The summed E-state index contributed by atoms with van der Waals surface area (Å²) in [5.41, 5.74) is 2.56. The van der Waals surface area contributed by atoms with Gasteiger partial charge < -0.3 is 4.90 Å². The Morgan fingerprint density at radius 1 is 1.04 bits per heavy atom. The molecule has 116 valence electrons. The van der Waals surface area contributed by atoms with E-state index < -0.39 is 0 Å². The Morgan fingerprint density at radius 2 is 1.83 bits per heavy atom. The Labute approximate surface area is 138 Å². The molecule has 0 N–H and O–H groups in total. The molecule has 0 spiro atoms. The Bertz CT molecular complexity index is 862. The van der Waals surface area contributed by atoms with E-state index in [4.69, 9.17) is 0 Å². The Hall–Kier alpha value is -2.08. The molecular weight excluding hydrogens is 306 g/mol. The maximum atomic E-state index is 4.59. The molecule has 5 rings (SSSR count). The summed E-state index contributed by atoms with van der Waals surface area (Å²) in [6.07, 6.45) is 8.30. The molecule has 1 aliphatic heterocycles. The molecule has 3 aromatic rings. The first kappa shape index (κ1) is 13.4. The van der Waals surface area contributed by atoms with Crippen molar-refractivity contribution < 1.29 is 0 Å². The van der Waals surface area contributed by atoms with Crippen LogP contribution in [-0.4, -0.2) is 33.0 Å². The van der Waals surface area contributed by atoms with Gasteiger partial charge in [-0.3, -0.25) is 0 Å². The first-order chi connectivity index (χ1) is 11.3. The average Bonchev–Trinajstić information content (AvgIpc) is 3.31. The van der Waals surface area contributed by atoms with Crippen molar-refractivity contribution in [2.45, 2.75) is 31.6 Å².